The maximum atomic E-state index is 14.5. The Kier molecular flexibility index (Phi) is 7.31. The first-order valence-corrected chi connectivity index (χ1v) is 10.5. The number of morpholine rings is 1. The summed E-state index contributed by atoms with van der Waals surface area (Å²) < 4.78 is 26.1. The van der Waals surface area contributed by atoms with Crippen LogP contribution in [0.2, 0.25) is 5.02 Å². The molecular formula is C20H22AsClFNO3. The van der Waals surface area contributed by atoms with Crippen LogP contribution in [0.4, 0.5) is 4.39 Å². The van der Waals surface area contributed by atoms with Gasteiger partial charge in [0.2, 0.25) is 0 Å². The maximum absolute atomic E-state index is 14.5. The van der Waals surface area contributed by atoms with E-state index in [2.05, 4.69) is 4.90 Å². The minimum atomic E-state index is -0.529. The Balaban J connectivity index is 1.62. The second-order valence-corrected chi connectivity index (χ2v) is 8.05. The van der Waals surface area contributed by atoms with Crippen LogP contribution in [0.5, 0.6) is 5.75 Å². The van der Waals surface area contributed by atoms with Gasteiger partial charge < -0.3 is 0 Å². The van der Waals surface area contributed by atoms with Gasteiger partial charge in [0, 0.05) is 0 Å². The predicted octanol–water partition coefficient (Wildman–Crippen LogP) is 2.07. The number of carbonyl (C=O) groups excluding carboxylic acids is 1. The molecule has 0 spiro atoms. The third-order valence-electron chi connectivity index (χ3n) is 4.45. The van der Waals surface area contributed by atoms with Gasteiger partial charge in [0.15, 0.2) is 0 Å². The number of rotatable bonds is 7. The number of benzene rings is 2. The molecule has 2 aromatic carbocycles. The number of hydrogen-bond acceptors (Lipinski definition) is 4. The Morgan fingerprint density at radius 1 is 1.22 bits per heavy atom. The van der Waals surface area contributed by atoms with Crippen LogP contribution in [0.25, 0.3) is 0 Å². The van der Waals surface area contributed by atoms with Crippen LogP contribution in [-0.4, -0.2) is 67.0 Å². The van der Waals surface area contributed by atoms with Gasteiger partial charge in [-0.3, -0.25) is 0 Å². The molecule has 0 N–H and O–H groups in total. The molecule has 4 nitrogen and oxygen atoms in total. The van der Waals surface area contributed by atoms with Crippen LogP contribution >= 0.6 is 11.6 Å². The second-order valence-electron chi connectivity index (χ2n) is 6.33. The van der Waals surface area contributed by atoms with E-state index >= 15 is 0 Å². The third-order valence-corrected chi connectivity index (χ3v) is 5.78. The second kappa shape index (κ2) is 9.70. The summed E-state index contributed by atoms with van der Waals surface area (Å²) in [6, 6.07) is 9.64. The average molecular weight is 454 g/mol. The van der Waals surface area contributed by atoms with Crippen LogP contribution in [0.1, 0.15) is 22.3 Å². The van der Waals surface area contributed by atoms with Crippen molar-refractivity contribution in [2.75, 3.05) is 39.5 Å². The Morgan fingerprint density at radius 2 is 1.96 bits per heavy atom. The molecule has 27 heavy (non-hydrogen) atoms. The number of ketones is 1. The fourth-order valence-electron chi connectivity index (χ4n) is 2.96. The SMILES string of the molecule is O=C(c1ccccc1Cl)c1cc(F)c(OCCCN2CCOCC2)cc1[AsH2]. The fraction of sp³-hybridized carbons (Fsp3) is 0.350. The summed E-state index contributed by atoms with van der Waals surface area (Å²) in [5.74, 6) is -0.622. The number of carbonyl (C=O) groups is 1. The summed E-state index contributed by atoms with van der Waals surface area (Å²) in [6.45, 7) is 4.70. The minimum absolute atomic E-state index is 0.187. The van der Waals surface area contributed by atoms with E-state index in [-0.39, 0.29) is 11.5 Å². The quantitative estimate of drug-likeness (QED) is 0.365. The number of nitrogens with zero attached hydrogens (tertiary/aromatic N) is 1. The Hall–Kier alpha value is -1.39. The molecule has 1 atom stereocenters. The molecule has 0 aromatic heterocycles. The number of halogens is 2. The van der Waals surface area contributed by atoms with Crippen molar-refractivity contribution in [2.45, 2.75) is 6.42 Å². The van der Waals surface area contributed by atoms with Crippen molar-refractivity contribution in [3.63, 3.8) is 0 Å². The summed E-state index contributed by atoms with van der Waals surface area (Å²) >= 11 is 7.34. The summed E-state index contributed by atoms with van der Waals surface area (Å²) in [4.78, 5) is 15.0. The first-order chi connectivity index (χ1) is 13.1. The van der Waals surface area contributed by atoms with Crippen molar-refractivity contribution in [1.82, 2.24) is 4.90 Å². The van der Waals surface area contributed by atoms with Gasteiger partial charge in [-0.15, -0.1) is 0 Å². The van der Waals surface area contributed by atoms with E-state index in [0.29, 0.717) is 22.8 Å². The topological polar surface area (TPSA) is 38.8 Å². The fourth-order valence-corrected chi connectivity index (χ4v) is 3.95. The van der Waals surface area contributed by atoms with Gasteiger partial charge in [0.25, 0.3) is 0 Å². The van der Waals surface area contributed by atoms with Crippen molar-refractivity contribution in [2.24, 2.45) is 0 Å². The van der Waals surface area contributed by atoms with E-state index in [1.165, 1.54) is 22.9 Å². The van der Waals surface area contributed by atoms with Crippen LogP contribution in [-0.2, 0) is 4.74 Å². The average Bonchev–Trinajstić information content (AvgIpc) is 2.68. The van der Waals surface area contributed by atoms with Gasteiger partial charge in [-0.25, -0.2) is 0 Å². The van der Waals surface area contributed by atoms with E-state index in [4.69, 9.17) is 21.1 Å². The Labute approximate surface area is 172 Å². The molecule has 1 aliphatic heterocycles. The number of hydrogen-bond donors (Lipinski definition) is 0. The molecule has 0 aliphatic carbocycles. The van der Waals surface area contributed by atoms with Crippen molar-refractivity contribution in [1.29, 1.82) is 0 Å². The molecule has 3 rings (SSSR count). The Bertz CT molecular complexity index is 812. The zero-order chi connectivity index (χ0) is 19.2. The molecule has 1 heterocycles. The zero-order valence-electron chi connectivity index (χ0n) is 14.9. The van der Waals surface area contributed by atoms with E-state index in [1.807, 2.05) is 0 Å². The van der Waals surface area contributed by atoms with Gasteiger partial charge in [-0.05, 0) is 0 Å². The van der Waals surface area contributed by atoms with E-state index in [9.17, 15) is 9.18 Å². The molecule has 0 amide bonds. The van der Waals surface area contributed by atoms with Gasteiger partial charge in [-0.2, -0.15) is 0 Å². The van der Waals surface area contributed by atoms with E-state index in [0.717, 1.165) is 43.6 Å². The summed E-state index contributed by atoms with van der Waals surface area (Å²) in [5, 5.41) is 0.359. The molecule has 1 fully saturated rings. The van der Waals surface area contributed by atoms with Crippen molar-refractivity contribution >= 4 is 38.6 Å². The Morgan fingerprint density at radius 3 is 2.70 bits per heavy atom. The molecular weight excluding hydrogens is 432 g/mol. The monoisotopic (exact) mass is 453 g/mol. The molecule has 1 unspecified atom stereocenters. The molecule has 7 heteroatoms. The third kappa shape index (κ3) is 5.32. The van der Waals surface area contributed by atoms with Crippen LogP contribution < -0.4 is 9.09 Å². The molecule has 144 valence electrons. The molecule has 1 aliphatic rings. The summed E-state index contributed by atoms with van der Waals surface area (Å²) in [6.07, 6.45) is 0.809. The zero-order valence-corrected chi connectivity index (χ0v) is 18.1. The first-order valence-electron chi connectivity index (χ1n) is 8.87. The van der Waals surface area contributed by atoms with E-state index < -0.39 is 5.82 Å². The molecule has 0 radical (unpaired) electrons. The van der Waals surface area contributed by atoms with Crippen molar-refractivity contribution in [3.8, 4) is 5.75 Å². The van der Waals surface area contributed by atoms with E-state index in [1.54, 1.807) is 30.3 Å². The van der Waals surface area contributed by atoms with Crippen LogP contribution in [0.15, 0.2) is 36.4 Å². The van der Waals surface area contributed by atoms with Crippen molar-refractivity contribution < 1.29 is 18.7 Å². The summed E-state index contributed by atoms with van der Waals surface area (Å²) in [7, 11) is 0. The summed E-state index contributed by atoms with van der Waals surface area (Å²) in [5.41, 5.74) is 0.693. The van der Waals surface area contributed by atoms with Crippen molar-refractivity contribution in [3.05, 3.63) is 58.4 Å². The molecule has 2 aromatic rings. The predicted molar refractivity (Wildman–Crippen MR) is 107 cm³/mol. The van der Waals surface area contributed by atoms with Gasteiger partial charge >= 0.3 is 172 Å². The molecule has 1 saturated heterocycles. The van der Waals surface area contributed by atoms with Crippen LogP contribution in [0, 0.1) is 5.82 Å². The molecule has 0 saturated carbocycles. The standard InChI is InChI=1S/C20H22AsClFNO3/c21-16-13-19(27-9-3-6-24-7-10-26-11-8-24)18(23)12-15(16)20(25)14-4-1-2-5-17(14)22/h1-2,4-5,12-13H,3,6-11,21H2. The van der Waals surface area contributed by atoms with Gasteiger partial charge in [0.1, 0.15) is 0 Å². The number of ether oxygens (including phenoxy) is 2. The normalized spacial score (nSPS) is 14.9. The van der Waals surface area contributed by atoms with Gasteiger partial charge in [-0.1, -0.05) is 0 Å². The van der Waals surface area contributed by atoms with Gasteiger partial charge in [0.05, 0.1) is 0 Å². The molecule has 0 bridgehead atoms. The first kappa shape index (κ1) is 20.3. The van der Waals surface area contributed by atoms with Crippen LogP contribution in [0.3, 0.4) is 0 Å².